The van der Waals surface area contributed by atoms with Crippen LogP contribution in [0.2, 0.25) is 0 Å². The van der Waals surface area contributed by atoms with Crippen LogP contribution in [-0.4, -0.2) is 38.2 Å². The van der Waals surface area contributed by atoms with E-state index >= 15 is 0 Å². The maximum absolute atomic E-state index is 11.0. The van der Waals surface area contributed by atoms with E-state index in [4.69, 9.17) is 10.2 Å². The van der Waals surface area contributed by atoms with Gasteiger partial charge in [0, 0.05) is 5.39 Å². The summed E-state index contributed by atoms with van der Waals surface area (Å²) in [5.74, 6) is -2.14. The molecule has 0 saturated carbocycles. The molecule has 0 fully saturated rings. The normalized spacial score (nSPS) is 12.0. The molecular weight excluding hydrogens is 250 g/mol. The van der Waals surface area contributed by atoms with Crippen LogP contribution in [0.15, 0.2) is 30.6 Å². The van der Waals surface area contributed by atoms with Crippen LogP contribution < -0.4 is 5.32 Å². The van der Waals surface area contributed by atoms with Crippen molar-refractivity contribution in [1.29, 1.82) is 0 Å². The molecule has 2 aromatic rings. The fourth-order valence-corrected chi connectivity index (χ4v) is 1.66. The minimum atomic E-state index is -1.25. The average molecular weight is 261 g/mol. The van der Waals surface area contributed by atoms with Gasteiger partial charge in [-0.25, -0.2) is 14.8 Å². The van der Waals surface area contributed by atoms with E-state index in [0.717, 1.165) is 0 Å². The third-order valence-corrected chi connectivity index (χ3v) is 2.53. The van der Waals surface area contributed by atoms with Crippen LogP contribution in [0.4, 0.5) is 5.82 Å². The largest absolute Gasteiger partial charge is 0.481 e. The highest BCUT2D eigenvalue weighted by atomic mass is 16.4. The second-order valence-corrected chi connectivity index (χ2v) is 3.87. The average Bonchev–Trinajstić information content (AvgIpc) is 2.37. The molecule has 1 aromatic heterocycles. The number of carbonyl (C=O) groups is 2. The molecule has 0 aliphatic carbocycles. The first-order chi connectivity index (χ1) is 9.08. The van der Waals surface area contributed by atoms with Crippen LogP contribution in [0.3, 0.4) is 0 Å². The first-order valence-corrected chi connectivity index (χ1v) is 5.49. The van der Waals surface area contributed by atoms with E-state index in [1.807, 2.05) is 0 Å². The summed E-state index contributed by atoms with van der Waals surface area (Å²) in [6.45, 7) is 0. The lowest BCUT2D eigenvalue weighted by molar-refractivity contribution is -0.144. The van der Waals surface area contributed by atoms with E-state index < -0.39 is 24.4 Å². The smallest absolute Gasteiger partial charge is 0.326 e. The number of hydrogen-bond donors (Lipinski definition) is 3. The summed E-state index contributed by atoms with van der Waals surface area (Å²) in [4.78, 5) is 29.6. The highest BCUT2D eigenvalue weighted by Crippen LogP contribution is 2.19. The zero-order valence-electron chi connectivity index (χ0n) is 9.78. The quantitative estimate of drug-likeness (QED) is 0.735. The Labute approximate surface area is 107 Å². The van der Waals surface area contributed by atoms with Crippen LogP contribution in [0.1, 0.15) is 6.42 Å². The van der Waals surface area contributed by atoms with E-state index in [-0.39, 0.29) is 0 Å². The third-order valence-electron chi connectivity index (χ3n) is 2.53. The Morgan fingerprint density at radius 1 is 1.21 bits per heavy atom. The third kappa shape index (κ3) is 2.95. The molecule has 7 heteroatoms. The molecule has 1 unspecified atom stereocenters. The van der Waals surface area contributed by atoms with Gasteiger partial charge in [-0.15, -0.1) is 0 Å². The number of fused-ring (bicyclic) bond motifs is 1. The van der Waals surface area contributed by atoms with E-state index in [1.165, 1.54) is 6.33 Å². The molecule has 1 aromatic carbocycles. The summed E-state index contributed by atoms with van der Waals surface area (Å²) in [6.07, 6.45) is 0.762. The number of aromatic nitrogens is 2. The Hall–Kier alpha value is -2.70. The van der Waals surface area contributed by atoms with Crippen molar-refractivity contribution in [2.45, 2.75) is 12.5 Å². The van der Waals surface area contributed by atoms with Crippen molar-refractivity contribution in [3.63, 3.8) is 0 Å². The van der Waals surface area contributed by atoms with Crippen LogP contribution in [0.25, 0.3) is 10.9 Å². The molecular formula is C12H11N3O4. The van der Waals surface area contributed by atoms with Gasteiger partial charge in [-0.2, -0.15) is 0 Å². The molecule has 0 saturated heterocycles. The van der Waals surface area contributed by atoms with Crippen molar-refractivity contribution in [3.8, 4) is 0 Å². The number of nitrogens with zero attached hydrogens (tertiary/aromatic N) is 2. The summed E-state index contributed by atoms with van der Waals surface area (Å²) in [5.41, 5.74) is 0.652. The SMILES string of the molecule is O=C(O)CC(Nc1ncnc2ccccc12)C(=O)O. The van der Waals surface area contributed by atoms with Gasteiger partial charge in [-0.3, -0.25) is 4.79 Å². The number of rotatable bonds is 5. The van der Waals surface area contributed by atoms with E-state index in [1.54, 1.807) is 24.3 Å². The summed E-state index contributed by atoms with van der Waals surface area (Å²) in [6, 6.07) is 5.82. The molecule has 0 aliphatic heterocycles. The van der Waals surface area contributed by atoms with Crippen molar-refractivity contribution in [1.82, 2.24) is 9.97 Å². The van der Waals surface area contributed by atoms with Crippen LogP contribution in [0.5, 0.6) is 0 Å². The number of carboxylic acids is 2. The van der Waals surface area contributed by atoms with Crippen molar-refractivity contribution in [3.05, 3.63) is 30.6 Å². The van der Waals surface area contributed by atoms with Crippen molar-refractivity contribution in [2.75, 3.05) is 5.32 Å². The summed E-state index contributed by atoms with van der Waals surface area (Å²) in [7, 11) is 0. The maximum Gasteiger partial charge on any atom is 0.326 e. The molecule has 0 spiro atoms. The molecule has 98 valence electrons. The zero-order valence-corrected chi connectivity index (χ0v) is 9.78. The van der Waals surface area contributed by atoms with Gasteiger partial charge < -0.3 is 15.5 Å². The highest BCUT2D eigenvalue weighted by molar-refractivity contribution is 5.91. The lowest BCUT2D eigenvalue weighted by Crippen LogP contribution is -2.32. The van der Waals surface area contributed by atoms with E-state index in [2.05, 4.69) is 15.3 Å². The van der Waals surface area contributed by atoms with Gasteiger partial charge in [0.25, 0.3) is 0 Å². The van der Waals surface area contributed by atoms with Gasteiger partial charge in [-0.05, 0) is 12.1 Å². The standard InChI is InChI=1S/C12H11N3O4/c16-10(17)5-9(12(18)19)15-11-7-3-1-2-4-8(7)13-6-14-11/h1-4,6,9H,5H2,(H,16,17)(H,18,19)(H,13,14,15). The fourth-order valence-electron chi connectivity index (χ4n) is 1.66. The predicted octanol–water partition coefficient (Wildman–Crippen LogP) is 0.970. The minimum Gasteiger partial charge on any atom is -0.481 e. The number of para-hydroxylation sites is 1. The number of carboxylic acid groups (broad SMARTS) is 2. The molecule has 0 aliphatic rings. The number of aliphatic carboxylic acids is 2. The molecule has 1 heterocycles. The number of anilines is 1. The Kier molecular flexibility index (Phi) is 3.56. The Morgan fingerprint density at radius 3 is 2.63 bits per heavy atom. The van der Waals surface area contributed by atoms with Gasteiger partial charge in [0.15, 0.2) is 0 Å². The lowest BCUT2D eigenvalue weighted by Gasteiger charge is -2.14. The van der Waals surface area contributed by atoms with Gasteiger partial charge in [0.05, 0.1) is 11.9 Å². The molecule has 19 heavy (non-hydrogen) atoms. The number of nitrogens with one attached hydrogen (secondary N) is 1. The molecule has 0 radical (unpaired) electrons. The molecule has 7 nitrogen and oxygen atoms in total. The van der Waals surface area contributed by atoms with Gasteiger partial charge in [0.1, 0.15) is 18.2 Å². The predicted molar refractivity (Wildman–Crippen MR) is 66.8 cm³/mol. The van der Waals surface area contributed by atoms with Crippen molar-refractivity contribution >= 4 is 28.7 Å². The van der Waals surface area contributed by atoms with E-state index in [9.17, 15) is 9.59 Å². The number of benzene rings is 1. The maximum atomic E-state index is 11.0. The Balaban J connectivity index is 2.33. The van der Waals surface area contributed by atoms with Gasteiger partial charge >= 0.3 is 11.9 Å². The highest BCUT2D eigenvalue weighted by Gasteiger charge is 2.21. The first-order valence-electron chi connectivity index (χ1n) is 5.49. The topological polar surface area (TPSA) is 112 Å². The van der Waals surface area contributed by atoms with E-state index in [0.29, 0.717) is 16.7 Å². The summed E-state index contributed by atoms with van der Waals surface area (Å²) >= 11 is 0. The zero-order chi connectivity index (χ0) is 13.8. The molecule has 0 bridgehead atoms. The first kappa shape index (κ1) is 12.7. The monoisotopic (exact) mass is 261 g/mol. The summed E-state index contributed by atoms with van der Waals surface area (Å²) < 4.78 is 0. The van der Waals surface area contributed by atoms with Crippen molar-refractivity contribution in [2.24, 2.45) is 0 Å². The summed E-state index contributed by atoms with van der Waals surface area (Å²) in [5, 5.41) is 20.9. The Morgan fingerprint density at radius 2 is 1.95 bits per heavy atom. The molecule has 0 amide bonds. The van der Waals surface area contributed by atoms with Crippen LogP contribution in [0, 0.1) is 0 Å². The minimum absolute atomic E-state index is 0.305. The molecule has 2 rings (SSSR count). The van der Waals surface area contributed by atoms with Gasteiger partial charge in [0.2, 0.25) is 0 Å². The second-order valence-electron chi connectivity index (χ2n) is 3.87. The van der Waals surface area contributed by atoms with Crippen LogP contribution in [-0.2, 0) is 9.59 Å². The fraction of sp³-hybridized carbons (Fsp3) is 0.167. The van der Waals surface area contributed by atoms with Crippen LogP contribution >= 0.6 is 0 Å². The van der Waals surface area contributed by atoms with Gasteiger partial charge in [-0.1, -0.05) is 12.1 Å². The molecule has 3 N–H and O–H groups in total. The molecule has 1 atom stereocenters. The van der Waals surface area contributed by atoms with Crippen molar-refractivity contribution < 1.29 is 19.8 Å². The number of hydrogen-bond acceptors (Lipinski definition) is 5. The lowest BCUT2D eigenvalue weighted by atomic mass is 10.2. The second kappa shape index (κ2) is 5.30. The Bertz CT molecular complexity index is 624.